The molecule has 0 aliphatic heterocycles. The molecular weight excluding hydrogens is 212 g/mol. The molecule has 86 valence electrons. The van der Waals surface area contributed by atoms with E-state index in [0.717, 1.165) is 29.0 Å². The van der Waals surface area contributed by atoms with Crippen molar-refractivity contribution in [3.63, 3.8) is 0 Å². The van der Waals surface area contributed by atoms with Crippen molar-refractivity contribution in [2.75, 3.05) is 0 Å². The molecule has 0 fully saturated rings. The fourth-order valence-corrected chi connectivity index (χ4v) is 2.06. The standard InChI is InChI=1S/C13H14N4/c1-3-16-8-13(10(2)15-16)17-9-14-11-6-4-5-7-12(11)17/h4-9H,3H2,1-2H3. The third kappa shape index (κ3) is 1.53. The first kappa shape index (κ1) is 10.1. The second-order valence-electron chi connectivity index (χ2n) is 4.06. The van der Waals surface area contributed by atoms with Crippen molar-refractivity contribution >= 4 is 11.0 Å². The number of aromatic nitrogens is 4. The maximum atomic E-state index is 4.46. The van der Waals surface area contributed by atoms with Gasteiger partial charge < -0.3 is 0 Å². The normalized spacial score (nSPS) is 11.2. The lowest BCUT2D eigenvalue weighted by atomic mass is 10.3. The third-order valence-corrected chi connectivity index (χ3v) is 2.96. The number of rotatable bonds is 2. The molecule has 0 unspecified atom stereocenters. The first-order chi connectivity index (χ1) is 8.29. The van der Waals surface area contributed by atoms with E-state index in [2.05, 4.69) is 33.8 Å². The van der Waals surface area contributed by atoms with Gasteiger partial charge in [0.25, 0.3) is 0 Å². The molecule has 0 radical (unpaired) electrons. The molecule has 4 nitrogen and oxygen atoms in total. The Kier molecular flexibility index (Phi) is 2.21. The van der Waals surface area contributed by atoms with E-state index in [9.17, 15) is 0 Å². The number of imidazole rings is 1. The second-order valence-corrected chi connectivity index (χ2v) is 4.06. The van der Waals surface area contributed by atoms with E-state index in [1.54, 1.807) is 0 Å². The van der Waals surface area contributed by atoms with Crippen LogP contribution in [0.4, 0.5) is 0 Å². The van der Waals surface area contributed by atoms with Crippen LogP contribution in [0.2, 0.25) is 0 Å². The van der Waals surface area contributed by atoms with Crippen LogP contribution in [0.15, 0.2) is 36.8 Å². The van der Waals surface area contributed by atoms with Crippen LogP contribution in [0.1, 0.15) is 12.6 Å². The Morgan fingerprint density at radius 3 is 2.82 bits per heavy atom. The number of aryl methyl sites for hydroxylation is 2. The van der Waals surface area contributed by atoms with Crippen molar-refractivity contribution in [2.45, 2.75) is 20.4 Å². The lowest BCUT2D eigenvalue weighted by Gasteiger charge is -2.00. The van der Waals surface area contributed by atoms with Gasteiger partial charge in [0, 0.05) is 12.7 Å². The predicted octanol–water partition coefficient (Wildman–Crippen LogP) is 2.55. The lowest BCUT2D eigenvalue weighted by Crippen LogP contribution is -1.93. The van der Waals surface area contributed by atoms with Gasteiger partial charge in [-0.3, -0.25) is 9.25 Å². The zero-order valence-electron chi connectivity index (χ0n) is 9.96. The highest BCUT2D eigenvalue weighted by Crippen LogP contribution is 2.19. The molecule has 3 rings (SSSR count). The minimum absolute atomic E-state index is 0.882. The summed E-state index contributed by atoms with van der Waals surface area (Å²) < 4.78 is 4.03. The topological polar surface area (TPSA) is 35.6 Å². The molecule has 0 aliphatic rings. The van der Waals surface area contributed by atoms with Crippen molar-refractivity contribution in [3.05, 3.63) is 42.5 Å². The Morgan fingerprint density at radius 1 is 1.24 bits per heavy atom. The molecule has 3 aromatic rings. The molecule has 0 aliphatic carbocycles. The van der Waals surface area contributed by atoms with E-state index in [1.807, 2.05) is 36.1 Å². The fourth-order valence-electron chi connectivity index (χ4n) is 2.06. The maximum absolute atomic E-state index is 4.46. The second kappa shape index (κ2) is 3.73. The van der Waals surface area contributed by atoms with Gasteiger partial charge in [-0.2, -0.15) is 5.10 Å². The summed E-state index contributed by atoms with van der Waals surface area (Å²) in [5.41, 5.74) is 4.25. The van der Waals surface area contributed by atoms with E-state index >= 15 is 0 Å². The molecule has 0 bridgehead atoms. The molecule has 17 heavy (non-hydrogen) atoms. The monoisotopic (exact) mass is 226 g/mol. The van der Waals surface area contributed by atoms with Crippen LogP contribution in [0.25, 0.3) is 16.7 Å². The molecule has 0 saturated heterocycles. The van der Waals surface area contributed by atoms with Crippen molar-refractivity contribution < 1.29 is 0 Å². The van der Waals surface area contributed by atoms with Crippen LogP contribution in [0.3, 0.4) is 0 Å². The first-order valence-corrected chi connectivity index (χ1v) is 5.76. The first-order valence-electron chi connectivity index (χ1n) is 5.76. The Morgan fingerprint density at radius 2 is 2.06 bits per heavy atom. The van der Waals surface area contributed by atoms with E-state index in [1.165, 1.54) is 0 Å². The zero-order chi connectivity index (χ0) is 11.8. The fraction of sp³-hybridized carbons (Fsp3) is 0.231. The van der Waals surface area contributed by atoms with Crippen LogP contribution < -0.4 is 0 Å². The summed E-state index contributed by atoms with van der Waals surface area (Å²) in [7, 11) is 0. The number of benzene rings is 1. The predicted molar refractivity (Wildman–Crippen MR) is 67.3 cm³/mol. The van der Waals surface area contributed by atoms with Crippen LogP contribution in [0.5, 0.6) is 0 Å². The van der Waals surface area contributed by atoms with Gasteiger partial charge >= 0.3 is 0 Å². The molecule has 0 saturated carbocycles. The van der Waals surface area contributed by atoms with Gasteiger partial charge in [-0.05, 0) is 26.0 Å². The van der Waals surface area contributed by atoms with Gasteiger partial charge in [0.15, 0.2) is 0 Å². The van der Waals surface area contributed by atoms with Crippen LogP contribution in [-0.4, -0.2) is 19.3 Å². The Hall–Kier alpha value is -2.10. The molecule has 0 N–H and O–H groups in total. The average Bonchev–Trinajstić information content (AvgIpc) is 2.92. The van der Waals surface area contributed by atoms with Gasteiger partial charge in [0.05, 0.1) is 22.4 Å². The Balaban J connectivity index is 2.23. The highest BCUT2D eigenvalue weighted by Gasteiger charge is 2.09. The number of nitrogens with zero attached hydrogens (tertiary/aromatic N) is 4. The maximum Gasteiger partial charge on any atom is 0.101 e. The number of fused-ring (bicyclic) bond motifs is 1. The number of hydrogen-bond acceptors (Lipinski definition) is 2. The van der Waals surface area contributed by atoms with E-state index in [-0.39, 0.29) is 0 Å². The lowest BCUT2D eigenvalue weighted by molar-refractivity contribution is 0.653. The number of hydrogen-bond donors (Lipinski definition) is 0. The molecule has 0 amide bonds. The van der Waals surface area contributed by atoms with E-state index in [0.29, 0.717) is 0 Å². The Labute approximate surface area is 99.5 Å². The summed E-state index contributed by atoms with van der Waals surface area (Å²) in [6.07, 6.45) is 3.91. The highest BCUT2D eigenvalue weighted by atomic mass is 15.3. The SMILES string of the molecule is CCn1cc(-n2cnc3ccccc32)c(C)n1. The summed E-state index contributed by atoms with van der Waals surface area (Å²) in [6, 6.07) is 8.12. The molecule has 4 heteroatoms. The quantitative estimate of drug-likeness (QED) is 0.673. The van der Waals surface area contributed by atoms with Crippen LogP contribution in [0, 0.1) is 6.92 Å². The van der Waals surface area contributed by atoms with Gasteiger partial charge in [-0.15, -0.1) is 0 Å². The third-order valence-electron chi connectivity index (χ3n) is 2.96. The van der Waals surface area contributed by atoms with Crippen molar-refractivity contribution in [1.82, 2.24) is 19.3 Å². The smallest absolute Gasteiger partial charge is 0.101 e. The minimum Gasteiger partial charge on any atom is -0.295 e. The van der Waals surface area contributed by atoms with Crippen molar-refractivity contribution in [3.8, 4) is 5.69 Å². The van der Waals surface area contributed by atoms with E-state index in [4.69, 9.17) is 0 Å². The highest BCUT2D eigenvalue weighted by molar-refractivity contribution is 5.77. The largest absolute Gasteiger partial charge is 0.295 e. The van der Waals surface area contributed by atoms with Crippen molar-refractivity contribution in [2.24, 2.45) is 0 Å². The minimum atomic E-state index is 0.882. The molecule has 0 atom stereocenters. The molecule has 2 heterocycles. The Bertz CT molecular complexity index is 663. The van der Waals surface area contributed by atoms with Gasteiger partial charge in [-0.1, -0.05) is 12.1 Å². The molecule has 2 aromatic heterocycles. The van der Waals surface area contributed by atoms with Crippen molar-refractivity contribution in [1.29, 1.82) is 0 Å². The van der Waals surface area contributed by atoms with Gasteiger partial charge in [-0.25, -0.2) is 4.98 Å². The molecular formula is C13H14N4. The van der Waals surface area contributed by atoms with Gasteiger partial charge in [0.2, 0.25) is 0 Å². The summed E-state index contributed by atoms with van der Waals surface area (Å²) in [5, 5.41) is 4.46. The van der Waals surface area contributed by atoms with Crippen LogP contribution >= 0.6 is 0 Å². The molecule has 1 aromatic carbocycles. The van der Waals surface area contributed by atoms with Gasteiger partial charge in [0.1, 0.15) is 6.33 Å². The average molecular weight is 226 g/mol. The summed E-state index contributed by atoms with van der Waals surface area (Å²) in [4.78, 5) is 4.40. The summed E-state index contributed by atoms with van der Waals surface area (Å²) in [5.74, 6) is 0. The number of para-hydroxylation sites is 2. The summed E-state index contributed by atoms with van der Waals surface area (Å²) in [6.45, 7) is 4.99. The zero-order valence-corrected chi connectivity index (χ0v) is 9.96. The molecule has 0 spiro atoms. The summed E-state index contributed by atoms with van der Waals surface area (Å²) >= 11 is 0. The van der Waals surface area contributed by atoms with Crippen LogP contribution in [-0.2, 0) is 6.54 Å². The van der Waals surface area contributed by atoms with E-state index < -0.39 is 0 Å².